The number of ether oxygens (including phenoxy) is 1. The van der Waals surface area contributed by atoms with Gasteiger partial charge in [-0.15, -0.1) is 11.3 Å². The zero-order valence-corrected chi connectivity index (χ0v) is 12.6. The van der Waals surface area contributed by atoms with Gasteiger partial charge in [0, 0.05) is 23.9 Å². The second-order valence-corrected chi connectivity index (χ2v) is 5.17. The molecule has 0 bridgehead atoms. The maximum atomic E-state index is 12.4. The topological polar surface area (TPSA) is 63.2 Å². The summed E-state index contributed by atoms with van der Waals surface area (Å²) < 4.78 is 29.3. The summed E-state index contributed by atoms with van der Waals surface area (Å²) in [4.78, 5) is 15.9. The van der Waals surface area contributed by atoms with Crippen molar-refractivity contribution in [2.45, 2.75) is 13.0 Å². The van der Waals surface area contributed by atoms with Gasteiger partial charge < -0.3 is 15.4 Å². The molecule has 0 radical (unpaired) electrons. The number of amides is 1. The minimum Gasteiger partial charge on any atom is -0.434 e. The standard InChI is InChI=1S/C14H15F2N3O2S/c1-17-7-6-12(20)19-14-18-10(8-22-14)9-4-2-3-5-11(9)21-13(15)16/h2-5,8,13,17H,6-7H2,1H3,(H,18,19,20). The number of carbonyl (C=O) groups is 1. The van der Waals surface area contributed by atoms with Crippen molar-refractivity contribution in [3.63, 3.8) is 0 Å². The average molecular weight is 327 g/mol. The Morgan fingerprint density at radius 2 is 2.18 bits per heavy atom. The number of carbonyl (C=O) groups excluding carboxylic acids is 1. The number of hydrogen-bond acceptors (Lipinski definition) is 5. The lowest BCUT2D eigenvalue weighted by Gasteiger charge is -2.08. The molecule has 2 rings (SSSR count). The Labute approximate surface area is 130 Å². The molecule has 0 saturated heterocycles. The third-order valence-corrected chi connectivity index (χ3v) is 3.49. The summed E-state index contributed by atoms with van der Waals surface area (Å²) in [6.07, 6.45) is 0.330. The van der Waals surface area contributed by atoms with Gasteiger partial charge >= 0.3 is 6.61 Å². The minimum atomic E-state index is -2.90. The number of nitrogens with one attached hydrogen (secondary N) is 2. The van der Waals surface area contributed by atoms with E-state index in [2.05, 4.69) is 20.4 Å². The Morgan fingerprint density at radius 1 is 1.41 bits per heavy atom. The van der Waals surface area contributed by atoms with Crippen molar-refractivity contribution in [1.82, 2.24) is 10.3 Å². The van der Waals surface area contributed by atoms with Crippen LogP contribution in [0.25, 0.3) is 11.3 Å². The summed E-state index contributed by atoms with van der Waals surface area (Å²) in [6, 6.07) is 6.40. The number of nitrogens with zero attached hydrogens (tertiary/aromatic N) is 1. The Kier molecular flexibility index (Phi) is 5.79. The van der Waals surface area contributed by atoms with E-state index >= 15 is 0 Å². The van der Waals surface area contributed by atoms with Gasteiger partial charge in [-0.25, -0.2) is 4.98 Å². The highest BCUT2D eigenvalue weighted by Gasteiger charge is 2.14. The van der Waals surface area contributed by atoms with Gasteiger partial charge in [-0.3, -0.25) is 4.79 Å². The van der Waals surface area contributed by atoms with Crippen molar-refractivity contribution in [3.8, 4) is 17.0 Å². The summed E-state index contributed by atoms with van der Waals surface area (Å²) in [5.74, 6) is -0.108. The first-order valence-corrected chi connectivity index (χ1v) is 7.42. The highest BCUT2D eigenvalue weighted by atomic mass is 32.1. The van der Waals surface area contributed by atoms with Gasteiger partial charge in [-0.2, -0.15) is 8.78 Å². The molecule has 1 heterocycles. The van der Waals surface area contributed by atoms with E-state index in [0.29, 0.717) is 29.4 Å². The highest BCUT2D eigenvalue weighted by molar-refractivity contribution is 7.14. The van der Waals surface area contributed by atoms with Gasteiger partial charge in [0.25, 0.3) is 0 Å². The molecule has 2 aromatic rings. The van der Waals surface area contributed by atoms with Crippen molar-refractivity contribution in [2.75, 3.05) is 18.9 Å². The average Bonchev–Trinajstić information content (AvgIpc) is 2.93. The van der Waals surface area contributed by atoms with E-state index in [1.807, 2.05) is 0 Å². The molecule has 0 aliphatic carbocycles. The van der Waals surface area contributed by atoms with Crippen molar-refractivity contribution in [2.24, 2.45) is 0 Å². The predicted octanol–water partition coefficient (Wildman–Crippen LogP) is 2.96. The number of halogens is 2. The monoisotopic (exact) mass is 327 g/mol. The normalized spacial score (nSPS) is 10.7. The lowest BCUT2D eigenvalue weighted by atomic mass is 10.1. The Balaban J connectivity index is 2.13. The Morgan fingerprint density at radius 3 is 2.91 bits per heavy atom. The Bertz CT molecular complexity index is 634. The molecule has 0 spiro atoms. The number of anilines is 1. The molecular weight excluding hydrogens is 312 g/mol. The SMILES string of the molecule is CNCCC(=O)Nc1nc(-c2ccccc2OC(F)F)cs1. The zero-order chi connectivity index (χ0) is 15.9. The van der Waals surface area contributed by atoms with Gasteiger partial charge in [0.1, 0.15) is 5.75 Å². The number of para-hydroxylation sites is 1. The van der Waals surface area contributed by atoms with E-state index in [1.54, 1.807) is 30.6 Å². The number of rotatable bonds is 7. The number of thiazole rings is 1. The highest BCUT2D eigenvalue weighted by Crippen LogP contribution is 2.32. The number of alkyl halides is 2. The molecule has 0 fully saturated rings. The molecule has 0 atom stereocenters. The fraction of sp³-hybridized carbons (Fsp3) is 0.286. The van der Waals surface area contributed by atoms with Crippen LogP contribution in [0.4, 0.5) is 13.9 Å². The molecular formula is C14H15F2N3O2S. The lowest BCUT2D eigenvalue weighted by molar-refractivity contribution is -0.116. The second-order valence-electron chi connectivity index (χ2n) is 4.31. The van der Waals surface area contributed by atoms with E-state index in [9.17, 15) is 13.6 Å². The fourth-order valence-corrected chi connectivity index (χ4v) is 2.48. The van der Waals surface area contributed by atoms with Crippen LogP contribution in [0.15, 0.2) is 29.6 Å². The first-order valence-electron chi connectivity index (χ1n) is 6.54. The van der Waals surface area contributed by atoms with Crippen LogP contribution in [0.5, 0.6) is 5.75 Å². The van der Waals surface area contributed by atoms with Crippen LogP contribution in [0.2, 0.25) is 0 Å². The zero-order valence-electron chi connectivity index (χ0n) is 11.8. The maximum Gasteiger partial charge on any atom is 0.387 e. The Hall–Kier alpha value is -2.06. The molecule has 0 aliphatic rings. The van der Waals surface area contributed by atoms with Crippen LogP contribution in [-0.4, -0.2) is 31.1 Å². The van der Waals surface area contributed by atoms with Crippen molar-refractivity contribution < 1.29 is 18.3 Å². The summed E-state index contributed by atoms with van der Waals surface area (Å²) in [5, 5.41) is 7.64. The van der Waals surface area contributed by atoms with Crippen molar-refractivity contribution >= 4 is 22.4 Å². The van der Waals surface area contributed by atoms with Crippen molar-refractivity contribution in [1.29, 1.82) is 0 Å². The quantitative estimate of drug-likeness (QED) is 0.821. The summed E-state index contributed by atoms with van der Waals surface area (Å²) >= 11 is 1.23. The van der Waals surface area contributed by atoms with E-state index in [4.69, 9.17) is 0 Å². The largest absolute Gasteiger partial charge is 0.434 e. The van der Waals surface area contributed by atoms with E-state index < -0.39 is 6.61 Å². The maximum absolute atomic E-state index is 12.4. The number of aromatic nitrogens is 1. The van der Waals surface area contributed by atoms with E-state index in [-0.39, 0.29) is 11.7 Å². The smallest absolute Gasteiger partial charge is 0.387 e. The van der Waals surface area contributed by atoms with Crippen molar-refractivity contribution in [3.05, 3.63) is 29.6 Å². The molecule has 22 heavy (non-hydrogen) atoms. The summed E-state index contributed by atoms with van der Waals surface area (Å²) in [5.41, 5.74) is 0.931. The third kappa shape index (κ3) is 4.47. The van der Waals surface area contributed by atoms with Crippen LogP contribution in [0, 0.1) is 0 Å². The number of hydrogen-bond donors (Lipinski definition) is 2. The lowest BCUT2D eigenvalue weighted by Crippen LogP contribution is -2.18. The molecule has 2 N–H and O–H groups in total. The predicted molar refractivity (Wildman–Crippen MR) is 81.4 cm³/mol. The van der Waals surface area contributed by atoms with Crippen LogP contribution in [-0.2, 0) is 4.79 Å². The molecule has 118 valence electrons. The van der Waals surface area contributed by atoms with Gasteiger partial charge in [0.2, 0.25) is 5.91 Å². The molecule has 1 aromatic heterocycles. The van der Waals surface area contributed by atoms with Gasteiger partial charge in [-0.05, 0) is 19.2 Å². The van der Waals surface area contributed by atoms with E-state index in [1.165, 1.54) is 17.4 Å². The molecule has 0 saturated carbocycles. The first kappa shape index (κ1) is 16.3. The fourth-order valence-electron chi connectivity index (χ4n) is 1.75. The minimum absolute atomic E-state index is 0.0517. The van der Waals surface area contributed by atoms with Crippen LogP contribution >= 0.6 is 11.3 Å². The van der Waals surface area contributed by atoms with Gasteiger partial charge in [0.15, 0.2) is 5.13 Å². The van der Waals surface area contributed by atoms with Gasteiger partial charge in [0.05, 0.1) is 5.69 Å². The van der Waals surface area contributed by atoms with Crippen LogP contribution < -0.4 is 15.4 Å². The van der Waals surface area contributed by atoms with E-state index in [0.717, 1.165) is 0 Å². The van der Waals surface area contributed by atoms with Crippen LogP contribution in [0.1, 0.15) is 6.42 Å². The molecule has 1 amide bonds. The molecule has 5 nitrogen and oxygen atoms in total. The third-order valence-electron chi connectivity index (χ3n) is 2.73. The summed E-state index contributed by atoms with van der Waals surface area (Å²) in [7, 11) is 1.76. The molecule has 0 aliphatic heterocycles. The molecule has 8 heteroatoms. The summed E-state index contributed by atoms with van der Waals surface area (Å²) in [6.45, 7) is -2.34. The molecule has 1 aromatic carbocycles. The molecule has 0 unspecified atom stereocenters. The van der Waals surface area contributed by atoms with Crippen LogP contribution in [0.3, 0.4) is 0 Å². The second kappa shape index (κ2) is 7.81. The number of benzene rings is 1. The van der Waals surface area contributed by atoms with Gasteiger partial charge in [-0.1, -0.05) is 12.1 Å². The first-order chi connectivity index (χ1) is 10.6.